The topological polar surface area (TPSA) is 51.2 Å². The van der Waals surface area contributed by atoms with Crippen LogP contribution in [-0.4, -0.2) is 10.9 Å². The van der Waals surface area contributed by atoms with E-state index in [1.165, 1.54) is 17.2 Å². The molecule has 2 aromatic carbocycles. The van der Waals surface area contributed by atoms with Gasteiger partial charge in [0.15, 0.2) is 0 Å². The number of nitrogens with one attached hydrogen (secondary N) is 1. The van der Waals surface area contributed by atoms with E-state index in [1.807, 2.05) is 26.0 Å². The average Bonchev–Trinajstić information content (AvgIpc) is 2.92. The van der Waals surface area contributed by atoms with Crippen LogP contribution in [-0.2, 0) is 11.4 Å². The van der Waals surface area contributed by atoms with Gasteiger partial charge in [-0.3, -0.25) is 4.79 Å². The second-order valence-corrected chi connectivity index (χ2v) is 7.03. The first-order valence-corrected chi connectivity index (χ1v) is 8.62. The van der Waals surface area contributed by atoms with Crippen molar-refractivity contribution in [3.8, 4) is 5.75 Å². The van der Waals surface area contributed by atoms with Gasteiger partial charge in [0.25, 0.3) is 0 Å². The fraction of sp³-hybridized carbons (Fsp3) is 0.263. The number of carbonyl (C=O) groups is 1. The summed E-state index contributed by atoms with van der Waals surface area (Å²) >= 11 is 1.65. The largest absolute Gasteiger partial charge is 0.486 e. The summed E-state index contributed by atoms with van der Waals surface area (Å²) in [4.78, 5) is 15.9. The number of hydrogen-bond donors (Lipinski definition) is 1. The summed E-state index contributed by atoms with van der Waals surface area (Å²) in [5.74, 6) is 0.743. The molecule has 0 fully saturated rings. The van der Waals surface area contributed by atoms with Gasteiger partial charge < -0.3 is 10.1 Å². The monoisotopic (exact) mass is 340 g/mol. The van der Waals surface area contributed by atoms with Gasteiger partial charge in [0.05, 0.1) is 10.2 Å². The van der Waals surface area contributed by atoms with Crippen molar-refractivity contribution in [2.75, 3.05) is 5.32 Å². The van der Waals surface area contributed by atoms with Gasteiger partial charge in [0.2, 0.25) is 5.91 Å². The maximum Gasteiger partial charge on any atom is 0.221 e. The molecule has 124 valence electrons. The lowest BCUT2D eigenvalue weighted by Crippen LogP contribution is -2.08. The molecule has 0 bridgehead atoms. The first-order chi connectivity index (χ1) is 11.4. The molecule has 0 atom stereocenters. The summed E-state index contributed by atoms with van der Waals surface area (Å²) in [7, 11) is 0. The van der Waals surface area contributed by atoms with Crippen molar-refractivity contribution < 1.29 is 9.53 Å². The van der Waals surface area contributed by atoms with Crippen LogP contribution >= 0.6 is 11.3 Å². The van der Waals surface area contributed by atoms with E-state index < -0.39 is 0 Å². The highest BCUT2D eigenvalue weighted by atomic mass is 32.1. The van der Waals surface area contributed by atoms with Crippen LogP contribution in [0.25, 0.3) is 10.2 Å². The normalized spacial score (nSPS) is 10.8. The number of rotatable bonds is 4. The van der Waals surface area contributed by atoms with Crippen LogP contribution in [0.1, 0.15) is 28.6 Å². The maximum absolute atomic E-state index is 11.2. The predicted molar refractivity (Wildman–Crippen MR) is 98.9 cm³/mol. The Balaban J connectivity index is 1.78. The molecule has 24 heavy (non-hydrogen) atoms. The Kier molecular flexibility index (Phi) is 4.53. The molecule has 5 heteroatoms. The van der Waals surface area contributed by atoms with E-state index in [4.69, 9.17) is 4.74 Å². The standard InChI is InChI=1S/C19H20N2O2S/c1-11-5-8-18-16(9-11)21-19(24-18)10-23-17-7-6-15(20-14(4)22)12(2)13(17)3/h5-9H,10H2,1-4H3,(H,20,22). The first kappa shape index (κ1) is 16.5. The minimum Gasteiger partial charge on any atom is -0.486 e. The minimum absolute atomic E-state index is 0.0732. The van der Waals surface area contributed by atoms with Crippen molar-refractivity contribution in [1.82, 2.24) is 4.98 Å². The highest BCUT2D eigenvalue weighted by Gasteiger charge is 2.10. The maximum atomic E-state index is 11.2. The minimum atomic E-state index is -0.0732. The van der Waals surface area contributed by atoms with Gasteiger partial charge in [-0.05, 0) is 61.7 Å². The highest BCUT2D eigenvalue weighted by molar-refractivity contribution is 7.18. The molecular formula is C19H20N2O2S. The number of aryl methyl sites for hydroxylation is 1. The van der Waals surface area contributed by atoms with E-state index >= 15 is 0 Å². The van der Waals surface area contributed by atoms with Crippen molar-refractivity contribution in [3.05, 3.63) is 52.0 Å². The van der Waals surface area contributed by atoms with Gasteiger partial charge in [0.1, 0.15) is 17.4 Å². The van der Waals surface area contributed by atoms with Crippen LogP contribution in [0.3, 0.4) is 0 Å². The van der Waals surface area contributed by atoms with Crippen LogP contribution < -0.4 is 10.1 Å². The van der Waals surface area contributed by atoms with Crippen LogP contribution in [0.5, 0.6) is 5.75 Å². The Hall–Kier alpha value is -2.40. The van der Waals surface area contributed by atoms with Crippen molar-refractivity contribution in [2.24, 2.45) is 0 Å². The van der Waals surface area contributed by atoms with Gasteiger partial charge in [-0.25, -0.2) is 4.98 Å². The zero-order valence-electron chi connectivity index (χ0n) is 14.3. The van der Waals surface area contributed by atoms with Crippen molar-refractivity contribution in [2.45, 2.75) is 34.3 Å². The molecule has 3 aromatic rings. The molecular weight excluding hydrogens is 320 g/mol. The van der Waals surface area contributed by atoms with E-state index in [0.29, 0.717) is 6.61 Å². The number of ether oxygens (including phenoxy) is 1. The van der Waals surface area contributed by atoms with E-state index in [2.05, 4.69) is 35.4 Å². The summed E-state index contributed by atoms with van der Waals surface area (Å²) in [6, 6.07) is 10.1. The smallest absolute Gasteiger partial charge is 0.221 e. The molecule has 0 saturated heterocycles. The van der Waals surface area contributed by atoms with E-state index in [1.54, 1.807) is 11.3 Å². The Morgan fingerprint density at radius 1 is 1.17 bits per heavy atom. The molecule has 0 aliphatic carbocycles. The third kappa shape index (κ3) is 3.41. The number of carbonyl (C=O) groups excluding carboxylic acids is 1. The molecule has 0 aliphatic heterocycles. The lowest BCUT2D eigenvalue weighted by Gasteiger charge is -2.14. The molecule has 1 heterocycles. The first-order valence-electron chi connectivity index (χ1n) is 7.80. The number of hydrogen-bond acceptors (Lipinski definition) is 4. The molecule has 0 radical (unpaired) electrons. The SMILES string of the molecule is CC(=O)Nc1ccc(OCc2nc3cc(C)ccc3s2)c(C)c1C. The Morgan fingerprint density at radius 3 is 2.71 bits per heavy atom. The zero-order valence-corrected chi connectivity index (χ0v) is 15.1. The molecule has 0 saturated carbocycles. The van der Waals surface area contributed by atoms with Crippen LogP contribution in [0, 0.1) is 20.8 Å². The van der Waals surface area contributed by atoms with E-state index in [0.717, 1.165) is 33.1 Å². The van der Waals surface area contributed by atoms with Crippen LogP contribution in [0.2, 0.25) is 0 Å². The van der Waals surface area contributed by atoms with Crippen LogP contribution in [0.15, 0.2) is 30.3 Å². The third-order valence-corrected chi connectivity index (χ3v) is 5.00. The lowest BCUT2D eigenvalue weighted by molar-refractivity contribution is -0.114. The van der Waals surface area contributed by atoms with E-state index in [-0.39, 0.29) is 5.91 Å². The molecule has 0 unspecified atom stereocenters. The number of anilines is 1. The summed E-state index contributed by atoms with van der Waals surface area (Å²) in [5.41, 5.74) is 5.09. The fourth-order valence-electron chi connectivity index (χ4n) is 2.56. The van der Waals surface area contributed by atoms with Crippen molar-refractivity contribution in [3.63, 3.8) is 0 Å². The number of aromatic nitrogens is 1. The average molecular weight is 340 g/mol. The van der Waals surface area contributed by atoms with Crippen molar-refractivity contribution in [1.29, 1.82) is 0 Å². The highest BCUT2D eigenvalue weighted by Crippen LogP contribution is 2.29. The van der Waals surface area contributed by atoms with Gasteiger partial charge in [-0.2, -0.15) is 0 Å². The number of nitrogens with zero attached hydrogens (tertiary/aromatic N) is 1. The number of fused-ring (bicyclic) bond motifs is 1. The molecule has 0 spiro atoms. The number of amides is 1. The summed E-state index contributed by atoms with van der Waals surface area (Å²) in [6.45, 7) is 8.00. The molecule has 1 N–H and O–H groups in total. The molecule has 4 nitrogen and oxygen atoms in total. The molecule has 1 aromatic heterocycles. The van der Waals surface area contributed by atoms with Gasteiger partial charge in [-0.15, -0.1) is 11.3 Å². The predicted octanol–water partition coefficient (Wildman–Crippen LogP) is 4.76. The summed E-state index contributed by atoms with van der Waals surface area (Å²) < 4.78 is 7.13. The van der Waals surface area contributed by atoms with E-state index in [9.17, 15) is 4.79 Å². The molecule has 0 aliphatic rings. The second kappa shape index (κ2) is 6.61. The Labute approximate surface area is 145 Å². The third-order valence-electron chi connectivity index (χ3n) is 3.99. The second-order valence-electron chi connectivity index (χ2n) is 5.91. The van der Waals surface area contributed by atoms with Crippen molar-refractivity contribution >= 4 is 33.1 Å². The Morgan fingerprint density at radius 2 is 1.96 bits per heavy atom. The fourth-order valence-corrected chi connectivity index (χ4v) is 3.42. The van der Waals surface area contributed by atoms with Gasteiger partial charge >= 0.3 is 0 Å². The molecule has 3 rings (SSSR count). The Bertz CT molecular complexity index is 915. The van der Waals surface area contributed by atoms with Crippen LogP contribution in [0.4, 0.5) is 5.69 Å². The van der Waals surface area contributed by atoms with Gasteiger partial charge in [-0.1, -0.05) is 6.07 Å². The quantitative estimate of drug-likeness (QED) is 0.745. The molecule has 1 amide bonds. The number of thiazole rings is 1. The number of benzene rings is 2. The van der Waals surface area contributed by atoms with Gasteiger partial charge in [0, 0.05) is 12.6 Å². The lowest BCUT2D eigenvalue weighted by atomic mass is 10.1. The summed E-state index contributed by atoms with van der Waals surface area (Å²) in [6.07, 6.45) is 0. The zero-order chi connectivity index (χ0) is 17.3. The summed E-state index contributed by atoms with van der Waals surface area (Å²) in [5, 5.41) is 3.79.